The van der Waals surface area contributed by atoms with E-state index in [-0.39, 0.29) is 12.5 Å². The Bertz CT molecular complexity index is 709. The molecule has 2 aliphatic carbocycles. The van der Waals surface area contributed by atoms with Gasteiger partial charge in [-0.15, -0.1) is 0 Å². The highest BCUT2D eigenvalue weighted by atomic mass is 16.9. The summed E-state index contributed by atoms with van der Waals surface area (Å²) in [6, 6.07) is 17.0. The molecule has 0 spiro atoms. The first-order valence-electron chi connectivity index (χ1n) is 8.84. The summed E-state index contributed by atoms with van der Waals surface area (Å²) >= 11 is 0. The van der Waals surface area contributed by atoms with E-state index in [9.17, 15) is 0 Å². The number of hydrogen-bond donors (Lipinski definition) is 1. The minimum absolute atomic E-state index is 0.206. The van der Waals surface area contributed by atoms with Gasteiger partial charge in [0.05, 0.1) is 12.7 Å². The Labute approximate surface area is 148 Å². The van der Waals surface area contributed by atoms with Crippen LogP contribution in [0.5, 0.6) is 0 Å². The van der Waals surface area contributed by atoms with Gasteiger partial charge in [0, 0.05) is 5.92 Å². The molecule has 0 bridgehead atoms. The van der Waals surface area contributed by atoms with Crippen molar-refractivity contribution in [3.05, 3.63) is 72.0 Å². The summed E-state index contributed by atoms with van der Waals surface area (Å²) in [5, 5.41) is 0. The predicted molar refractivity (Wildman–Crippen MR) is 96.6 cm³/mol. The second-order valence-electron chi connectivity index (χ2n) is 6.62. The van der Waals surface area contributed by atoms with Gasteiger partial charge in [0.25, 0.3) is 0 Å². The van der Waals surface area contributed by atoms with Crippen LogP contribution in [0, 0.1) is 0 Å². The molecule has 2 aromatic rings. The second kappa shape index (κ2) is 7.40. The zero-order valence-corrected chi connectivity index (χ0v) is 14.2. The van der Waals surface area contributed by atoms with Crippen LogP contribution in [0.2, 0.25) is 0 Å². The molecule has 2 aromatic carbocycles. The first kappa shape index (κ1) is 16.3. The fourth-order valence-electron chi connectivity index (χ4n) is 3.47. The largest absolute Gasteiger partial charge is 0.493 e. The Hall–Kier alpha value is -2.14. The molecule has 0 saturated heterocycles. The molecule has 0 atom stereocenters. The van der Waals surface area contributed by atoms with Crippen molar-refractivity contribution in [1.29, 1.82) is 0 Å². The van der Waals surface area contributed by atoms with Gasteiger partial charge in [0.15, 0.2) is 0 Å². The third-order valence-electron chi connectivity index (χ3n) is 4.95. The average molecular weight is 337 g/mol. The number of hydrogen-bond acceptors (Lipinski definition) is 4. The molecule has 0 radical (unpaired) electrons. The summed E-state index contributed by atoms with van der Waals surface area (Å²) in [5.74, 6) is 0.843. The standard InChI is InChI=1S/C21H23NO3/c1-15(25-16-7-6-8-16)13-23-22-24-14-21-19-11-4-2-9-17(19)18-10-3-5-12-20(18)21/h2-5,9-12,16,21-22H,1,6-8,13-14H2. The van der Waals surface area contributed by atoms with Crippen molar-refractivity contribution in [3.63, 3.8) is 0 Å². The molecule has 25 heavy (non-hydrogen) atoms. The Balaban J connectivity index is 1.29. The number of benzene rings is 2. The zero-order chi connectivity index (χ0) is 17.1. The topological polar surface area (TPSA) is 39.7 Å². The minimum Gasteiger partial charge on any atom is -0.493 e. The van der Waals surface area contributed by atoms with Crippen molar-refractivity contribution in [2.45, 2.75) is 31.3 Å². The Morgan fingerprint density at radius 2 is 1.60 bits per heavy atom. The lowest BCUT2D eigenvalue weighted by molar-refractivity contribution is -0.173. The van der Waals surface area contributed by atoms with Crippen molar-refractivity contribution in [2.75, 3.05) is 13.2 Å². The predicted octanol–water partition coefficient (Wildman–Crippen LogP) is 4.33. The molecule has 2 aliphatic rings. The quantitative estimate of drug-likeness (QED) is 0.442. The van der Waals surface area contributed by atoms with Gasteiger partial charge in [0.2, 0.25) is 0 Å². The molecule has 0 unspecified atom stereocenters. The van der Waals surface area contributed by atoms with Gasteiger partial charge in [-0.1, -0.05) is 60.8 Å². The van der Waals surface area contributed by atoms with E-state index in [4.69, 9.17) is 14.4 Å². The lowest BCUT2D eigenvalue weighted by Crippen LogP contribution is -2.24. The highest BCUT2D eigenvalue weighted by molar-refractivity contribution is 5.78. The fourth-order valence-corrected chi connectivity index (χ4v) is 3.47. The van der Waals surface area contributed by atoms with Crippen molar-refractivity contribution in [3.8, 4) is 11.1 Å². The smallest absolute Gasteiger partial charge is 0.127 e. The molecule has 0 heterocycles. The maximum Gasteiger partial charge on any atom is 0.127 e. The molecule has 0 aromatic heterocycles. The SMILES string of the molecule is C=C(CONOCC1c2ccccc2-c2ccccc21)OC1CCC1. The fraction of sp³-hybridized carbons (Fsp3) is 0.333. The molecule has 4 rings (SSSR count). The number of rotatable bonds is 8. The zero-order valence-electron chi connectivity index (χ0n) is 14.2. The Morgan fingerprint density at radius 3 is 2.20 bits per heavy atom. The summed E-state index contributed by atoms with van der Waals surface area (Å²) in [5.41, 5.74) is 7.74. The van der Waals surface area contributed by atoms with E-state index in [2.05, 4.69) is 60.8 Å². The molecule has 0 aliphatic heterocycles. The Morgan fingerprint density at radius 1 is 0.960 bits per heavy atom. The van der Waals surface area contributed by atoms with Gasteiger partial charge in [-0.3, -0.25) is 9.68 Å². The molecule has 1 fully saturated rings. The number of ether oxygens (including phenoxy) is 1. The van der Waals surface area contributed by atoms with Crippen molar-refractivity contribution >= 4 is 0 Å². The van der Waals surface area contributed by atoms with Gasteiger partial charge in [-0.05, 0) is 41.5 Å². The van der Waals surface area contributed by atoms with Gasteiger partial charge in [-0.25, -0.2) is 0 Å². The summed E-state index contributed by atoms with van der Waals surface area (Å²) < 4.78 is 5.64. The van der Waals surface area contributed by atoms with Crippen LogP contribution >= 0.6 is 0 Å². The lowest BCUT2D eigenvalue weighted by Gasteiger charge is -2.27. The summed E-state index contributed by atoms with van der Waals surface area (Å²) in [4.78, 5) is 10.9. The summed E-state index contributed by atoms with van der Waals surface area (Å²) in [6.07, 6.45) is 3.79. The molecular weight excluding hydrogens is 314 g/mol. The van der Waals surface area contributed by atoms with E-state index in [1.54, 1.807) is 0 Å². The van der Waals surface area contributed by atoms with E-state index >= 15 is 0 Å². The molecule has 1 N–H and O–H groups in total. The van der Waals surface area contributed by atoms with Crippen LogP contribution in [0.25, 0.3) is 11.1 Å². The van der Waals surface area contributed by atoms with Crippen molar-refractivity contribution < 1.29 is 14.4 Å². The van der Waals surface area contributed by atoms with Crippen LogP contribution in [0.4, 0.5) is 0 Å². The van der Waals surface area contributed by atoms with Gasteiger partial charge in [0.1, 0.15) is 12.4 Å². The molecule has 130 valence electrons. The maximum atomic E-state index is 5.64. The van der Waals surface area contributed by atoms with Crippen LogP contribution in [-0.2, 0) is 14.4 Å². The Kier molecular flexibility index (Phi) is 4.83. The normalized spacial score (nSPS) is 16.2. The van der Waals surface area contributed by atoms with Crippen LogP contribution in [0.15, 0.2) is 60.9 Å². The van der Waals surface area contributed by atoms with E-state index in [0.717, 1.165) is 12.8 Å². The molecule has 4 nitrogen and oxygen atoms in total. The maximum absolute atomic E-state index is 5.64. The van der Waals surface area contributed by atoms with Crippen LogP contribution in [0.3, 0.4) is 0 Å². The summed E-state index contributed by atoms with van der Waals surface area (Å²) in [7, 11) is 0. The minimum atomic E-state index is 0.206. The number of fused-ring (bicyclic) bond motifs is 3. The first-order chi connectivity index (χ1) is 12.3. The van der Waals surface area contributed by atoms with Crippen molar-refractivity contribution in [1.82, 2.24) is 5.64 Å². The average Bonchev–Trinajstić information content (AvgIpc) is 2.92. The summed E-state index contributed by atoms with van der Waals surface area (Å²) in [6.45, 7) is 4.66. The van der Waals surface area contributed by atoms with Crippen LogP contribution in [0.1, 0.15) is 36.3 Å². The van der Waals surface area contributed by atoms with Crippen molar-refractivity contribution in [2.24, 2.45) is 0 Å². The first-order valence-corrected chi connectivity index (χ1v) is 8.84. The van der Waals surface area contributed by atoms with Gasteiger partial charge >= 0.3 is 0 Å². The van der Waals surface area contributed by atoms with E-state index in [0.29, 0.717) is 18.5 Å². The molecule has 0 amide bonds. The third-order valence-corrected chi connectivity index (χ3v) is 4.95. The van der Waals surface area contributed by atoms with Gasteiger partial charge in [-0.2, -0.15) is 0 Å². The molecule has 4 heteroatoms. The molecule has 1 saturated carbocycles. The van der Waals surface area contributed by atoms with Gasteiger partial charge < -0.3 is 4.74 Å². The lowest BCUT2D eigenvalue weighted by atomic mass is 9.96. The van der Waals surface area contributed by atoms with E-state index in [1.807, 2.05) is 0 Å². The monoisotopic (exact) mass is 337 g/mol. The molecular formula is C21H23NO3. The van der Waals surface area contributed by atoms with Crippen LogP contribution in [-0.4, -0.2) is 19.3 Å². The second-order valence-corrected chi connectivity index (χ2v) is 6.62. The third kappa shape index (κ3) is 3.47. The van der Waals surface area contributed by atoms with E-state index in [1.165, 1.54) is 28.7 Å². The van der Waals surface area contributed by atoms with E-state index < -0.39 is 0 Å². The van der Waals surface area contributed by atoms with Crippen LogP contribution < -0.4 is 5.64 Å². The highest BCUT2D eigenvalue weighted by Crippen LogP contribution is 2.44. The highest BCUT2D eigenvalue weighted by Gasteiger charge is 2.28. The number of nitrogens with one attached hydrogen (secondary N) is 1.